The van der Waals surface area contributed by atoms with Crippen LogP contribution in [-0.2, 0) is 17.6 Å². The van der Waals surface area contributed by atoms with Gasteiger partial charge < -0.3 is 19.2 Å². The number of methoxy groups -OCH3 is 2. The number of carbonyl (C=O) groups excluding carboxylic acids is 1. The fourth-order valence-electron chi connectivity index (χ4n) is 3.92. The number of anilines is 1. The quantitative estimate of drug-likeness (QED) is 0.594. The SMILES string of the molecule is COc1cccc(NC(=O)/C=C(\C)c2cc3c4c(oc3cc2OC)CCCC4)c1. The zero-order chi connectivity index (χ0) is 20.4. The Balaban J connectivity index is 1.65. The number of carbonyl (C=O) groups is 1. The summed E-state index contributed by atoms with van der Waals surface area (Å²) in [7, 11) is 3.24. The van der Waals surface area contributed by atoms with Gasteiger partial charge in [0.15, 0.2) is 0 Å². The van der Waals surface area contributed by atoms with Crippen LogP contribution >= 0.6 is 0 Å². The van der Waals surface area contributed by atoms with Crippen molar-refractivity contribution < 1.29 is 18.7 Å². The van der Waals surface area contributed by atoms with Crippen LogP contribution < -0.4 is 14.8 Å². The average Bonchev–Trinajstić information content (AvgIpc) is 3.10. The number of aryl methyl sites for hydroxylation is 2. The van der Waals surface area contributed by atoms with Gasteiger partial charge in [0.25, 0.3) is 0 Å². The van der Waals surface area contributed by atoms with Crippen LogP contribution in [-0.4, -0.2) is 20.1 Å². The highest BCUT2D eigenvalue weighted by atomic mass is 16.5. The molecule has 2 aromatic carbocycles. The van der Waals surface area contributed by atoms with Gasteiger partial charge in [0.05, 0.1) is 14.2 Å². The lowest BCUT2D eigenvalue weighted by Crippen LogP contribution is -2.08. The number of allylic oxidation sites excluding steroid dienone is 1. The highest BCUT2D eigenvalue weighted by Gasteiger charge is 2.20. The predicted octanol–water partition coefficient (Wildman–Crippen LogP) is 5.37. The van der Waals surface area contributed by atoms with E-state index in [1.54, 1.807) is 26.4 Å². The Hall–Kier alpha value is -3.21. The van der Waals surface area contributed by atoms with E-state index in [0.29, 0.717) is 17.2 Å². The van der Waals surface area contributed by atoms with Gasteiger partial charge in [-0.3, -0.25) is 4.79 Å². The smallest absolute Gasteiger partial charge is 0.248 e. The Kier molecular flexibility index (Phi) is 5.30. The van der Waals surface area contributed by atoms with Crippen LogP contribution in [0, 0.1) is 0 Å². The summed E-state index contributed by atoms with van der Waals surface area (Å²) in [5.74, 6) is 2.28. The number of rotatable bonds is 5. The monoisotopic (exact) mass is 391 g/mol. The fraction of sp³-hybridized carbons (Fsp3) is 0.292. The molecule has 0 saturated heterocycles. The molecule has 4 rings (SSSR count). The second kappa shape index (κ2) is 8.03. The number of ether oxygens (including phenoxy) is 2. The van der Waals surface area contributed by atoms with Crippen molar-refractivity contribution in [2.24, 2.45) is 0 Å². The summed E-state index contributed by atoms with van der Waals surface area (Å²) < 4.78 is 16.9. The minimum absolute atomic E-state index is 0.202. The Morgan fingerprint density at radius 2 is 1.93 bits per heavy atom. The third-order valence-corrected chi connectivity index (χ3v) is 5.39. The Morgan fingerprint density at radius 1 is 1.10 bits per heavy atom. The number of benzene rings is 2. The number of fused-ring (bicyclic) bond motifs is 3. The van der Waals surface area contributed by atoms with E-state index >= 15 is 0 Å². The van der Waals surface area contributed by atoms with E-state index in [-0.39, 0.29) is 5.91 Å². The summed E-state index contributed by atoms with van der Waals surface area (Å²) in [4.78, 5) is 12.6. The number of hydrogen-bond acceptors (Lipinski definition) is 4. The van der Waals surface area contributed by atoms with Gasteiger partial charge in [0.2, 0.25) is 5.91 Å². The molecule has 3 aromatic rings. The highest BCUT2D eigenvalue weighted by molar-refractivity contribution is 6.04. The molecule has 0 saturated carbocycles. The molecular formula is C24H25NO4. The van der Waals surface area contributed by atoms with Gasteiger partial charge in [-0.05, 0) is 50.0 Å². The minimum atomic E-state index is -0.202. The summed E-state index contributed by atoms with van der Waals surface area (Å²) in [6.07, 6.45) is 5.96. The van der Waals surface area contributed by atoms with E-state index in [4.69, 9.17) is 13.9 Å². The standard InChI is InChI=1S/C24H25NO4/c1-15(11-24(26)25-16-7-6-8-17(12-16)27-2)19-13-20-18-9-4-5-10-21(18)29-23(20)14-22(19)28-3/h6-8,11-14H,4-5,9-10H2,1-3H3,(H,25,26)/b15-11+. The van der Waals surface area contributed by atoms with Gasteiger partial charge >= 0.3 is 0 Å². The van der Waals surface area contributed by atoms with Crippen molar-refractivity contribution in [3.63, 3.8) is 0 Å². The number of nitrogens with one attached hydrogen (secondary N) is 1. The van der Waals surface area contributed by atoms with Crippen molar-refractivity contribution >= 4 is 28.1 Å². The lowest BCUT2D eigenvalue weighted by Gasteiger charge is -2.11. The van der Waals surface area contributed by atoms with Crippen LogP contribution in [0.1, 0.15) is 36.7 Å². The maximum absolute atomic E-state index is 12.6. The first-order valence-electron chi connectivity index (χ1n) is 9.85. The normalized spacial score (nSPS) is 13.8. The van der Waals surface area contributed by atoms with Crippen LogP contribution in [0.25, 0.3) is 16.5 Å². The van der Waals surface area contributed by atoms with Crippen LogP contribution in [0.2, 0.25) is 0 Å². The zero-order valence-corrected chi connectivity index (χ0v) is 17.0. The van der Waals surface area contributed by atoms with Gasteiger partial charge in [-0.2, -0.15) is 0 Å². The number of hydrogen-bond donors (Lipinski definition) is 1. The van der Waals surface area contributed by atoms with Gasteiger partial charge in [0, 0.05) is 46.8 Å². The molecule has 1 amide bonds. The number of amides is 1. The molecule has 5 heteroatoms. The maximum atomic E-state index is 12.6. The van der Waals surface area contributed by atoms with Crippen molar-refractivity contribution in [2.75, 3.05) is 19.5 Å². The van der Waals surface area contributed by atoms with E-state index < -0.39 is 0 Å². The lowest BCUT2D eigenvalue weighted by atomic mass is 9.94. The average molecular weight is 391 g/mol. The van der Waals surface area contributed by atoms with Gasteiger partial charge in [-0.25, -0.2) is 0 Å². The van der Waals surface area contributed by atoms with Crippen molar-refractivity contribution in [3.8, 4) is 11.5 Å². The van der Waals surface area contributed by atoms with E-state index in [1.165, 1.54) is 18.4 Å². The molecule has 0 atom stereocenters. The van der Waals surface area contributed by atoms with Crippen LogP contribution in [0.4, 0.5) is 5.69 Å². The molecular weight excluding hydrogens is 366 g/mol. The summed E-state index contributed by atoms with van der Waals surface area (Å²) in [6.45, 7) is 1.92. The van der Waals surface area contributed by atoms with Crippen molar-refractivity contribution in [1.82, 2.24) is 0 Å². The molecule has 0 radical (unpaired) electrons. The van der Waals surface area contributed by atoms with Crippen LogP contribution in [0.3, 0.4) is 0 Å². The molecule has 0 spiro atoms. The van der Waals surface area contributed by atoms with Gasteiger partial charge in [0.1, 0.15) is 22.8 Å². The Labute approximate surface area is 170 Å². The molecule has 1 aliphatic carbocycles. The minimum Gasteiger partial charge on any atom is -0.497 e. The molecule has 0 fully saturated rings. The molecule has 1 aliphatic rings. The molecule has 0 unspecified atom stereocenters. The molecule has 5 nitrogen and oxygen atoms in total. The summed E-state index contributed by atoms with van der Waals surface area (Å²) in [5.41, 5.74) is 4.56. The molecule has 1 heterocycles. The van der Waals surface area contributed by atoms with Crippen molar-refractivity contribution in [1.29, 1.82) is 0 Å². The van der Waals surface area contributed by atoms with E-state index in [1.807, 2.05) is 31.2 Å². The Morgan fingerprint density at radius 3 is 2.72 bits per heavy atom. The third-order valence-electron chi connectivity index (χ3n) is 5.39. The predicted molar refractivity (Wildman–Crippen MR) is 115 cm³/mol. The summed E-state index contributed by atoms with van der Waals surface area (Å²) in [6, 6.07) is 11.3. The second-order valence-corrected chi connectivity index (χ2v) is 7.31. The second-order valence-electron chi connectivity index (χ2n) is 7.31. The van der Waals surface area contributed by atoms with Gasteiger partial charge in [-0.15, -0.1) is 0 Å². The van der Waals surface area contributed by atoms with Crippen LogP contribution in [0.15, 0.2) is 46.9 Å². The first kappa shape index (κ1) is 19.1. The van der Waals surface area contributed by atoms with E-state index in [9.17, 15) is 4.79 Å². The van der Waals surface area contributed by atoms with E-state index in [2.05, 4.69) is 11.4 Å². The summed E-state index contributed by atoms with van der Waals surface area (Å²) in [5, 5.41) is 4.00. The van der Waals surface area contributed by atoms with Crippen LogP contribution in [0.5, 0.6) is 11.5 Å². The fourth-order valence-corrected chi connectivity index (χ4v) is 3.92. The zero-order valence-electron chi connectivity index (χ0n) is 17.0. The molecule has 0 bridgehead atoms. The molecule has 1 N–H and O–H groups in total. The maximum Gasteiger partial charge on any atom is 0.248 e. The lowest BCUT2D eigenvalue weighted by molar-refractivity contribution is -0.111. The highest BCUT2D eigenvalue weighted by Crippen LogP contribution is 2.37. The summed E-state index contributed by atoms with van der Waals surface area (Å²) >= 11 is 0. The van der Waals surface area contributed by atoms with Gasteiger partial charge in [-0.1, -0.05) is 6.07 Å². The number of furan rings is 1. The van der Waals surface area contributed by atoms with Crippen molar-refractivity contribution in [3.05, 3.63) is 59.4 Å². The topological polar surface area (TPSA) is 60.7 Å². The third kappa shape index (κ3) is 3.86. The molecule has 0 aliphatic heterocycles. The molecule has 1 aromatic heterocycles. The molecule has 150 valence electrons. The first-order chi connectivity index (χ1) is 14.1. The molecule has 29 heavy (non-hydrogen) atoms. The first-order valence-corrected chi connectivity index (χ1v) is 9.85. The Bertz CT molecular complexity index is 1090. The largest absolute Gasteiger partial charge is 0.497 e. The van der Waals surface area contributed by atoms with E-state index in [0.717, 1.165) is 40.7 Å². The van der Waals surface area contributed by atoms with Crippen molar-refractivity contribution in [2.45, 2.75) is 32.6 Å².